The Bertz CT molecular complexity index is 1060. The summed E-state index contributed by atoms with van der Waals surface area (Å²) >= 11 is 0. The molecule has 0 aliphatic carbocycles. The van der Waals surface area contributed by atoms with Crippen LogP contribution in [-0.4, -0.2) is 34.8 Å². The molecular weight excluding hydrogens is 354 g/mol. The van der Waals surface area contributed by atoms with Gasteiger partial charge in [0.15, 0.2) is 0 Å². The second-order valence-corrected chi connectivity index (χ2v) is 7.01. The molecule has 3 heterocycles. The molecule has 1 fully saturated rings. The number of anilines is 2. The van der Waals surface area contributed by atoms with Gasteiger partial charge in [0.2, 0.25) is 5.91 Å². The molecule has 1 unspecified atom stereocenters. The SMILES string of the molecule is O=C1CC(c2cnn(-c3ccccc3)c2)c2ccc(N3CCNC3=O)cc2N1. The summed E-state index contributed by atoms with van der Waals surface area (Å²) in [6, 6.07) is 15.6. The zero-order valence-electron chi connectivity index (χ0n) is 15.1. The van der Waals surface area contributed by atoms with Crippen LogP contribution in [0.1, 0.15) is 23.5 Å². The average molecular weight is 373 g/mol. The molecule has 28 heavy (non-hydrogen) atoms. The zero-order valence-corrected chi connectivity index (χ0v) is 15.1. The summed E-state index contributed by atoms with van der Waals surface area (Å²) in [5.41, 5.74) is 4.55. The van der Waals surface area contributed by atoms with Gasteiger partial charge in [-0.2, -0.15) is 5.10 Å². The van der Waals surface area contributed by atoms with Crippen LogP contribution in [0.3, 0.4) is 0 Å². The number of para-hydroxylation sites is 1. The quantitative estimate of drug-likeness (QED) is 0.741. The van der Waals surface area contributed by atoms with Crippen LogP contribution in [0.5, 0.6) is 0 Å². The third-order valence-electron chi connectivity index (χ3n) is 5.27. The molecule has 2 aromatic carbocycles. The molecular formula is C21H19N5O2. The Morgan fingerprint density at radius 1 is 1.04 bits per heavy atom. The lowest BCUT2D eigenvalue weighted by molar-refractivity contribution is -0.116. The van der Waals surface area contributed by atoms with Gasteiger partial charge in [-0.05, 0) is 35.4 Å². The van der Waals surface area contributed by atoms with E-state index in [-0.39, 0.29) is 17.9 Å². The van der Waals surface area contributed by atoms with Crippen LogP contribution in [0.4, 0.5) is 16.2 Å². The van der Waals surface area contributed by atoms with E-state index in [9.17, 15) is 9.59 Å². The minimum atomic E-state index is -0.109. The second-order valence-electron chi connectivity index (χ2n) is 7.01. The number of nitrogens with zero attached hydrogens (tertiary/aromatic N) is 3. The van der Waals surface area contributed by atoms with Crippen LogP contribution >= 0.6 is 0 Å². The molecule has 2 aliphatic heterocycles. The normalized spacial score (nSPS) is 18.6. The van der Waals surface area contributed by atoms with Gasteiger partial charge in [-0.1, -0.05) is 24.3 Å². The number of hydrogen-bond acceptors (Lipinski definition) is 3. The van der Waals surface area contributed by atoms with Crippen LogP contribution in [0.15, 0.2) is 60.9 Å². The fraction of sp³-hybridized carbons (Fsp3) is 0.190. The van der Waals surface area contributed by atoms with Gasteiger partial charge >= 0.3 is 6.03 Å². The van der Waals surface area contributed by atoms with Crippen molar-refractivity contribution < 1.29 is 9.59 Å². The maximum atomic E-state index is 12.4. The number of rotatable bonds is 3. The Morgan fingerprint density at radius 3 is 2.68 bits per heavy atom. The van der Waals surface area contributed by atoms with Crippen LogP contribution in [0.2, 0.25) is 0 Å². The fourth-order valence-corrected chi connectivity index (χ4v) is 3.87. The van der Waals surface area contributed by atoms with Crippen LogP contribution in [0.25, 0.3) is 5.69 Å². The predicted octanol–water partition coefficient (Wildman–Crippen LogP) is 2.88. The largest absolute Gasteiger partial charge is 0.336 e. The molecule has 1 aromatic heterocycles. The first kappa shape index (κ1) is 16.6. The number of carbonyl (C=O) groups excluding carboxylic acids is 2. The standard InChI is InChI=1S/C21H19N5O2/c27-20-11-18(14-12-23-26(13-14)15-4-2-1-3-5-15)17-7-6-16(10-19(17)24-20)25-9-8-22-21(25)28/h1-7,10,12-13,18H,8-9,11H2,(H,22,28)(H,24,27). The van der Waals surface area contributed by atoms with E-state index in [4.69, 9.17) is 0 Å². The number of hydrogen-bond donors (Lipinski definition) is 2. The first-order chi connectivity index (χ1) is 13.7. The third kappa shape index (κ3) is 2.81. The van der Waals surface area contributed by atoms with Crippen molar-refractivity contribution in [3.63, 3.8) is 0 Å². The van der Waals surface area contributed by atoms with Crippen molar-refractivity contribution in [3.05, 3.63) is 72.1 Å². The van der Waals surface area contributed by atoms with Crippen molar-refractivity contribution in [3.8, 4) is 5.69 Å². The molecule has 2 N–H and O–H groups in total. The van der Waals surface area contributed by atoms with E-state index in [1.165, 1.54) is 0 Å². The highest BCUT2D eigenvalue weighted by Crippen LogP contribution is 2.39. The molecule has 0 saturated carbocycles. The molecule has 0 spiro atoms. The van der Waals surface area contributed by atoms with Crippen molar-refractivity contribution >= 4 is 23.3 Å². The number of fused-ring (bicyclic) bond motifs is 1. The fourth-order valence-electron chi connectivity index (χ4n) is 3.87. The molecule has 1 saturated heterocycles. The average Bonchev–Trinajstić information content (AvgIpc) is 3.37. The minimum absolute atomic E-state index is 0.0343. The lowest BCUT2D eigenvalue weighted by atomic mass is 9.86. The van der Waals surface area contributed by atoms with E-state index in [1.54, 1.807) is 4.90 Å². The number of aromatic nitrogens is 2. The summed E-state index contributed by atoms with van der Waals surface area (Å²) in [7, 11) is 0. The highest BCUT2D eigenvalue weighted by atomic mass is 16.2. The Morgan fingerprint density at radius 2 is 1.89 bits per heavy atom. The van der Waals surface area contributed by atoms with Gasteiger partial charge < -0.3 is 10.6 Å². The highest BCUT2D eigenvalue weighted by molar-refractivity contribution is 5.98. The Labute approximate surface area is 162 Å². The number of urea groups is 1. The van der Waals surface area contributed by atoms with E-state index in [0.717, 1.165) is 28.2 Å². The second kappa shape index (κ2) is 6.53. The Kier molecular flexibility index (Phi) is 3.86. The van der Waals surface area contributed by atoms with Crippen molar-refractivity contribution in [1.82, 2.24) is 15.1 Å². The minimum Gasteiger partial charge on any atom is -0.336 e. The maximum absolute atomic E-state index is 12.4. The monoisotopic (exact) mass is 373 g/mol. The summed E-state index contributed by atoms with van der Waals surface area (Å²) in [4.78, 5) is 26.0. The van der Waals surface area contributed by atoms with Gasteiger partial charge in [0.25, 0.3) is 0 Å². The predicted molar refractivity (Wildman–Crippen MR) is 106 cm³/mol. The molecule has 0 bridgehead atoms. The van der Waals surface area contributed by atoms with Gasteiger partial charge in [0.05, 0.1) is 11.9 Å². The van der Waals surface area contributed by atoms with Crippen LogP contribution < -0.4 is 15.5 Å². The van der Waals surface area contributed by atoms with E-state index in [2.05, 4.69) is 15.7 Å². The van der Waals surface area contributed by atoms with Gasteiger partial charge in [0, 0.05) is 43.0 Å². The molecule has 3 aromatic rings. The molecule has 0 radical (unpaired) electrons. The Balaban J connectivity index is 1.50. The molecule has 7 nitrogen and oxygen atoms in total. The van der Waals surface area contributed by atoms with Crippen LogP contribution in [-0.2, 0) is 4.79 Å². The summed E-state index contributed by atoms with van der Waals surface area (Å²) in [6.07, 6.45) is 4.17. The van der Waals surface area contributed by atoms with Crippen molar-refractivity contribution in [2.24, 2.45) is 0 Å². The lowest BCUT2D eigenvalue weighted by Crippen LogP contribution is -2.28. The number of nitrogens with one attached hydrogen (secondary N) is 2. The molecule has 1 atom stereocenters. The highest BCUT2D eigenvalue weighted by Gasteiger charge is 2.29. The van der Waals surface area contributed by atoms with E-state index in [1.807, 2.05) is 65.6 Å². The number of carbonyl (C=O) groups is 2. The number of amides is 3. The summed E-state index contributed by atoms with van der Waals surface area (Å²) in [5, 5.41) is 10.2. The van der Waals surface area contributed by atoms with Gasteiger partial charge in [-0.15, -0.1) is 0 Å². The first-order valence-electron chi connectivity index (χ1n) is 9.28. The maximum Gasteiger partial charge on any atom is 0.321 e. The Hall–Kier alpha value is -3.61. The number of benzene rings is 2. The smallest absolute Gasteiger partial charge is 0.321 e. The molecule has 5 rings (SSSR count). The van der Waals surface area contributed by atoms with E-state index < -0.39 is 0 Å². The van der Waals surface area contributed by atoms with Crippen molar-refractivity contribution in [2.45, 2.75) is 12.3 Å². The summed E-state index contributed by atoms with van der Waals surface area (Å²) < 4.78 is 1.82. The van der Waals surface area contributed by atoms with E-state index >= 15 is 0 Å². The van der Waals surface area contributed by atoms with Crippen molar-refractivity contribution in [2.75, 3.05) is 23.3 Å². The summed E-state index contributed by atoms with van der Waals surface area (Å²) in [5.74, 6) is -0.101. The van der Waals surface area contributed by atoms with E-state index in [0.29, 0.717) is 19.5 Å². The topological polar surface area (TPSA) is 79.3 Å². The zero-order chi connectivity index (χ0) is 19.1. The van der Waals surface area contributed by atoms with Crippen molar-refractivity contribution in [1.29, 1.82) is 0 Å². The van der Waals surface area contributed by atoms with Gasteiger partial charge in [0.1, 0.15) is 0 Å². The lowest BCUT2D eigenvalue weighted by Gasteiger charge is -2.26. The molecule has 7 heteroatoms. The van der Waals surface area contributed by atoms with Gasteiger partial charge in [-0.25, -0.2) is 9.48 Å². The summed E-state index contributed by atoms with van der Waals surface area (Å²) in [6.45, 7) is 1.25. The molecule has 3 amide bonds. The van der Waals surface area contributed by atoms with Gasteiger partial charge in [-0.3, -0.25) is 9.69 Å². The third-order valence-corrected chi connectivity index (χ3v) is 5.27. The molecule has 2 aliphatic rings. The van der Waals surface area contributed by atoms with Crippen LogP contribution in [0, 0.1) is 0 Å². The first-order valence-corrected chi connectivity index (χ1v) is 9.28. The molecule has 140 valence electrons.